The molecular formula is C40H31N3O. The van der Waals surface area contributed by atoms with E-state index in [1.807, 2.05) is 36.4 Å². The van der Waals surface area contributed by atoms with Crippen molar-refractivity contribution in [3.8, 4) is 22.5 Å². The number of fused-ring (bicyclic) bond motifs is 6. The number of hydrogen-bond donors (Lipinski definition) is 1. The van der Waals surface area contributed by atoms with Crippen LogP contribution in [-0.4, -0.2) is 14.1 Å². The largest absolute Gasteiger partial charge is 0.320 e. The lowest BCUT2D eigenvalue weighted by molar-refractivity contribution is 0.969. The van der Waals surface area contributed by atoms with E-state index in [4.69, 9.17) is 0 Å². The summed E-state index contributed by atoms with van der Waals surface area (Å²) in [7, 11) is 0. The first-order valence-electron chi connectivity index (χ1n) is 15.1. The molecule has 0 fully saturated rings. The Hall–Kier alpha value is -5.61. The van der Waals surface area contributed by atoms with E-state index in [1.165, 1.54) is 15.8 Å². The summed E-state index contributed by atoms with van der Waals surface area (Å²) in [6.07, 6.45) is 13.0. The molecule has 1 aliphatic rings. The predicted molar refractivity (Wildman–Crippen MR) is 185 cm³/mol. The molecule has 0 unspecified atom stereocenters. The minimum absolute atomic E-state index is 0.0893. The number of benzene rings is 4. The standard InChI is InChI=1S/C40H31N3O/c1-3-11-35-30(4-2)31-12-6-9-16-36(31)42(35)28-22-18-26(19-23-28)27-20-24-29(25-21-27)43-37-17-10-7-14-33(37)38-32-13-5-8-15-34(32)41-40(44)39(38)43/h3-5,7-8,10-25H,1,6,9H2,2H3,(H,41,44)/b30-4-,35-11+. The Bertz CT molecular complexity index is 2580. The van der Waals surface area contributed by atoms with Gasteiger partial charge >= 0.3 is 0 Å². The quantitative estimate of drug-likeness (QED) is 0.269. The lowest BCUT2D eigenvalue weighted by Crippen LogP contribution is -2.38. The molecule has 4 nitrogen and oxygen atoms in total. The van der Waals surface area contributed by atoms with E-state index >= 15 is 0 Å². The van der Waals surface area contributed by atoms with Crippen LogP contribution in [0.1, 0.15) is 19.8 Å². The number of rotatable bonds is 4. The minimum atomic E-state index is -0.0893. The van der Waals surface area contributed by atoms with Gasteiger partial charge < -0.3 is 14.1 Å². The van der Waals surface area contributed by atoms with Crippen molar-refractivity contribution in [3.63, 3.8) is 0 Å². The van der Waals surface area contributed by atoms with Crippen LogP contribution in [0, 0.1) is 0 Å². The SMILES string of the molecule is C=C/C=c1\c(=C/C)c2c(n1-c1ccc(-c3ccc(-n4c5ccccc5c5c6ccccc6[nH]c(=O)c54)cc3)cc1)=CCCC=2. The van der Waals surface area contributed by atoms with Gasteiger partial charge in [0.25, 0.3) is 5.56 Å². The van der Waals surface area contributed by atoms with E-state index < -0.39 is 0 Å². The molecule has 0 bridgehead atoms. The smallest absolute Gasteiger partial charge is 0.273 e. The lowest BCUT2D eigenvalue weighted by Gasteiger charge is -2.11. The molecule has 0 saturated carbocycles. The van der Waals surface area contributed by atoms with Crippen molar-refractivity contribution in [2.75, 3.05) is 0 Å². The normalized spacial score (nSPS) is 13.8. The summed E-state index contributed by atoms with van der Waals surface area (Å²) in [5, 5.41) is 8.08. The van der Waals surface area contributed by atoms with Crippen LogP contribution < -0.4 is 26.7 Å². The molecule has 4 heteroatoms. The number of H-pyrrole nitrogens is 1. The molecule has 1 N–H and O–H groups in total. The Kier molecular flexibility index (Phi) is 6.09. The van der Waals surface area contributed by atoms with Crippen molar-refractivity contribution in [2.45, 2.75) is 19.8 Å². The molecule has 212 valence electrons. The van der Waals surface area contributed by atoms with Gasteiger partial charge in [0.05, 0.1) is 10.9 Å². The second-order valence-electron chi connectivity index (χ2n) is 11.3. The second kappa shape index (κ2) is 10.3. The average molecular weight is 570 g/mol. The lowest BCUT2D eigenvalue weighted by atomic mass is 10.0. The third kappa shape index (κ3) is 3.88. The highest BCUT2D eigenvalue weighted by Gasteiger charge is 2.18. The van der Waals surface area contributed by atoms with Crippen molar-refractivity contribution < 1.29 is 0 Å². The summed E-state index contributed by atoms with van der Waals surface area (Å²) >= 11 is 0. The van der Waals surface area contributed by atoms with Gasteiger partial charge in [0.15, 0.2) is 0 Å². The maximum Gasteiger partial charge on any atom is 0.273 e. The zero-order chi connectivity index (χ0) is 29.8. The summed E-state index contributed by atoms with van der Waals surface area (Å²) in [5.41, 5.74) is 6.79. The van der Waals surface area contributed by atoms with Crippen LogP contribution in [0.25, 0.3) is 79.5 Å². The molecule has 3 heterocycles. The molecule has 0 radical (unpaired) electrons. The molecule has 4 aromatic carbocycles. The molecule has 3 aromatic heterocycles. The van der Waals surface area contributed by atoms with Gasteiger partial charge in [-0.15, -0.1) is 0 Å². The van der Waals surface area contributed by atoms with Crippen molar-refractivity contribution in [2.24, 2.45) is 0 Å². The zero-order valence-electron chi connectivity index (χ0n) is 24.5. The van der Waals surface area contributed by atoms with Gasteiger partial charge in [0.2, 0.25) is 0 Å². The number of nitrogens with one attached hydrogen (secondary N) is 1. The Morgan fingerprint density at radius 3 is 2.09 bits per heavy atom. The number of allylic oxidation sites excluding steroid dienone is 1. The molecule has 7 aromatic rings. The van der Waals surface area contributed by atoms with Crippen molar-refractivity contribution in [1.29, 1.82) is 0 Å². The average Bonchev–Trinajstić information content (AvgIpc) is 3.59. The molecule has 0 aliphatic heterocycles. The highest BCUT2D eigenvalue weighted by atomic mass is 16.1. The summed E-state index contributed by atoms with van der Waals surface area (Å²) in [6.45, 7) is 6.08. The first-order valence-corrected chi connectivity index (χ1v) is 15.1. The molecular weight excluding hydrogens is 538 g/mol. The molecule has 0 saturated heterocycles. The van der Waals surface area contributed by atoms with Gasteiger partial charge in [0, 0.05) is 48.8 Å². The molecule has 0 spiro atoms. The van der Waals surface area contributed by atoms with Crippen molar-refractivity contribution >= 4 is 57.0 Å². The van der Waals surface area contributed by atoms with Crippen molar-refractivity contribution in [3.05, 3.63) is 141 Å². The van der Waals surface area contributed by atoms with E-state index in [2.05, 4.69) is 119 Å². The maximum absolute atomic E-state index is 13.5. The second-order valence-corrected chi connectivity index (χ2v) is 11.3. The van der Waals surface area contributed by atoms with Crippen LogP contribution in [0.2, 0.25) is 0 Å². The van der Waals surface area contributed by atoms with Crippen LogP contribution in [0.15, 0.2) is 115 Å². The predicted octanol–water partition coefficient (Wildman–Crippen LogP) is 6.20. The van der Waals surface area contributed by atoms with Crippen molar-refractivity contribution in [1.82, 2.24) is 14.1 Å². The Morgan fingerprint density at radius 2 is 1.39 bits per heavy atom. The van der Waals surface area contributed by atoms with Gasteiger partial charge in [-0.3, -0.25) is 4.79 Å². The van der Waals surface area contributed by atoms with E-state index in [0.29, 0.717) is 5.52 Å². The number of aromatic amines is 1. The van der Waals surface area contributed by atoms with Crippen LogP contribution in [0.3, 0.4) is 0 Å². The van der Waals surface area contributed by atoms with E-state index in [-0.39, 0.29) is 5.56 Å². The summed E-state index contributed by atoms with van der Waals surface area (Å²) in [5.74, 6) is 0. The maximum atomic E-state index is 13.5. The Balaban J connectivity index is 1.24. The summed E-state index contributed by atoms with van der Waals surface area (Å²) in [6, 6.07) is 33.5. The van der Waals surface area contributed by atoms with Gasteiger partial charge in [0.1, 0.15) is 5.52 Å². The van der Waals surface area contributed by atoms with Gasteiger partial charge in [-0.1, -0.05) is 91.5 Å². The fourth-order valence-corrected chi connectivity index (χ4v) is 6.96. The van der Waals surface area contributed by atoms with Gasteiger partial charge in [-0.25, -0.2) is 0 Å². The third-order valence-corrected chi connectivity index (χ3v) is 8.86. The molecule has 8 rings (SSSR count). The number of aromatic nitrogens is 3. The van der Waals surface area contributed by atoms with Gasteiger partial charge in [-0.05, 0) is 73.4 Å². The monoisotopic (exact) mass is 569 g/mol. The molecule has 0 amide bonds. The van der Waals surface area contributed by atoms with Crippen LogP contribution in [-0.2, 0) is 0 Å². The third-order valence-electron chi connectivity index (χ3n) is 8.86. The Labute approximate surface area is 254 Å². The first kappa shape index (κ1) is 26.1. The summed E-state index contributed by atoms with van der Waals surface area (Å²) < 4.78 is 4.43. The van der Waals surface area contributed by atoms with E-state index in [0.717, 1.165) is 67.9 Å². The fourth-order valence-electron chi connectivity index (χ4n) is 6.96. The topological polar surface area (TPSA) is 42.7 Å². The minimum Gasteiger partial charge on any atom is -0.320 e. The fraction of sp³-hybridized carbons (Fsp3) is 0.0750. The number of pyridine rings is 1. The highest BCUT2D eigenvalue weighted by molar-refractivity contribution is 6.20. The molecule has 1 aliphatic carbocycles. The van der Waals surface area contributed by atoms with E-state index in [9.17, 15) is 4.79 Å². The number of para-hydroxylation sites is 2. The number of nitrogens with zero attached hydrogens (tertiary/aromatic N) is 2. The zero-order valence-corrected chi connectivity index (χ0v) is 24.5. The number of hydrogen-bond acceptors (Lipinski definition) is 1. The van der Waals surface area contributed by atoms with Crippen LogP contribution in [0.4, 0.5) is 0 Å². The highest BCUT2D eigenvalue weighted by Crippen LogP contribution is 2.34. The Morgan fingerprint density at radius 1 is 0.750 bits per heavy atom. The van der Waals surface area contributed by atoms with Gasteiger partial charge in [-0.2, -0.15) is 0 Å². The molecule has 0 atom stereocenters. The molecule has 44 heavy (non-hydrogen) atoms. The summed E-state index contributed by atoms with van der Waals surface area (Å²) in [4.78, 5) is 16.6. The van der Waals surface area contributed by atoms with Crippen LogP contribution >= 0.6 is 0 Å². The first-order chi connectivity index (χ1) is 21.7. The van der Waals surface area contributed by atoms with Crippen LogP contribution in [0.5, 0.6) is 0 Å². The van der Waals surface area contributed by atoms with E-state index in [1.54, 1.807) is 0 Å².